The van der Waals surface area contributed by atoms with Crippen LogP contribution in [0.5, 0.6) is 0 Å². The number of carbonyl (C=O) groups is 1. The van der Waals surface area contributed by atoms with E-state index in [2.05, 4.69) is 20.4 Å². The molecule has 0 aromatic carbocycles. The number of nitrogens with one attached hydrogen (secondary N) is 1. The van der Waals surface area contributed by atoms with Gasteiger partial charge in [0.05, 0.1) is 6.20 Å². The van der Waals surface area contributed by atoms with Gasteiger partial charge in [0.25, 0.3) is 0 Å². The van der Waals surface area contributed by atoms with E-state index in [1.807, 2.05) is 0 Å². The second-order valence-corrected chi connectivity index (χ2v) is 3.87. The second-order valence-electron chi connectivity index (χ2n) is 3.87. The third-order valence-corrected chi connectivity index (χ3v) is 2.37. The molecule has 0 bridgehead atoms. The first-order valence-electron chi connectivity index (χ1n) is 5.53. The van der Waals surface area contributed by atoms with Gasteiger partial charge in [0.15, 0.2) is 5.82 Å². The zero-order valence-electron chi connectivity index (χ0n) is 10.2. The molecule has 0 unspecified atom stereocenters. The van der Waals surface area contributed by atoms with Crippen molar-refractivity contribution >= 4 is 11.8 Å². The lowest BCUT2D eigenvalue weighted by molar-refractivity contribution is 0.0697. The number of hydrogen-bond donors (Lipinski definition) is 2. The SMILES string of the molecule is Cn1cnc(CCNc2ncc(F)cc2C(=O)O)n1. The van der Waals surface area contributed by atoms with Crippen LogP contribution in [0, 0.1) is 5.82 Å². The van der Waals surface area contributed by atoms with Gasteiger partial charge in [-0.15, -0.1) is 0 Å². The number of carboxylic acids is 1. The van der Waals surface area contributed by atoms with Gasteiger partial charge in [-0.05, 0) is 6.07 Å². The maximum Gasteiger partial charge on any atom is 0.339 e. The van der Waals surface area contributed by atoms with Crippen LogP contribution in [0.1, 0.15) is 16.2 Å². The van der Waals surface area contributed by atoms with Crippen LogP contribution in [0.4, 0.5) is 10.2 Å². The highest BCUT2D eigenvalue weighted by molar-refractivity contribution is 5.93. The van der Waals surface area contributed by atoms with Gasteiger partial charge in [-0.25, -0.2) is 19.2 Å². The highest BCUT2D eigenvalue weighted by Crippen LogP contribution is 2.13. The quantitative estimate of drug-likeness (QED) is 0.826. The highest BCUT2D eigenvalue weighted by Gasteiger charge is 2.12. The van der Waals surface area contributed by atoms with E-state index in [4.69, 9.17) is 5.11 Å². The topological polar surface area (TPSA) is 92.9 Å². The summed E-state index contributed by atoms with van der Waals surface area (Å²) in [7, 11) is 1.76. The molecule has 0 aliphatic heterocycles. The molecular weight excluding hydrogens is 253 g/mol. The maximum absolute atomic E-state index is 12.9. The molecule has 0 amide bonds. The minimum absolute atomic E-state index is 0.129. The molecule has 0 spiro atoms. The Kier molecular flexibility index (Phi) is 3.69. The molecule has 2 rings (SSSR count). The van der Waals surface area contributed by atoms with Gasteiger partial charge >= 0.3 is 5.97 Å². The molecule has 7 nitrogen and oxygen atoms in total. The van der Waals surface area contributed by atoms with Crippen molar-refractivity contribution in [2.75, 3.05) is 11.9 Å². The number of nitrogens with zero attached hydrogens (tertiary/aromatic N) is 4. The zero-order chi connectivity index (χ0) is 13.8. The number of aromatic nitrogens is 4. The minimum atomic E-state index is -1.23. The fourth-order valence-electron chi connectivity index (χ4n) is 1.53. The Labute approximate surface area is 108 Å². The molecule has 8 heteroatoms. The molecular formula is C11H12FN5O2. The Balaban J connectivity index is 2.01. The summed E-state index contributed by atoms with van der Waals surface area (Å²) in [5.74, 6) is -1.15. The molecule has 2 aromatic heterocycles. The number of anilines is 1. The summed E-state index contributed by atoms with van der Waals surface area (Å²) in [5, 5.41) is 15.8. The van der Waals surface area contributed by atoms with E-state index in [0.717, 1.165) is 12.3 Å². The third-order valence-electron chi connectivity index (χ3n) is 2.37. The van der Waals surface area contributed by atoms with E-state index in [0.29, 0.717) is 18.8 Å². The Morgan fingerprint density at radius 3 is 2.95 bits per heavy atom. The molecule has 0 saturated heterocycles. The molecule has 100 valence electrons. The maximum atomic E-state index is 12.9. The van der Waals surface area contributed by atoms with Crippen LogP contribution in [0.25, 0.3) is 0 Å². The standard InChI is InChI=1S/C11H12FN5O2/c1-17-6-15-9(16-17)2-3-13-10-8(11(18)19)4-7(12)5-14-10/h4-6H,2-3H2,1H3,(H,13,14)(H,18,19). The van der Waals surface area contributed by atoms with E-state index in [1.165, 1.54) is 0 Å². The minimum Gasteiger partial charge on any atom is -0.478 e. The summed E-state index contributed by atoms with van der Waals surface area (Å²) < 4.78 is 14.5. The van der Waals surface area contributed by atoms with Crippen LogP contribution in [0.2, 0.25) is 0 Å². The summed E-state index contributed by atoms with van der Waals surface area (Å²) in [4.78, 5) is 18.7. The predicted octanol–water partition coefficient (Wildman–Crippen LogP) is 0.702. The first kappa shape index (κ1) is 12.9. The number of halogens is 1. The summed E-state index contributed by atoms with van der Waals surface area (Å²) >= 11 is 0. The number of carboxylic acid groups (broad SMARTS) is 1. The third kappa shape index (κ3) is 3.24. The number of rotatable bonds is 5. The molecule has 0 saturated carbocycles. The summed E-state index contributed by atoms with van der Waals surface area (Å²) in [6.45, 7) is 0.406. The Morgan fingerprint density at radius 1 is 1.53 bits per heavy atom. The van der Waals surface area contributed by atoms with Gasteiger partial charge < -0.3 is 10.4 Å². The fourth-order valence-corrected chi connectivity index (χ4v) is 1.53. The molecule has 19 heavy (non-hydrogen) atoms. The first-order chi connectivity index (χ1) is 9.06. The average Bonchev–Trinajstić information content (AvgIpc) is 2.77. The lowest BCUT2D eigenvalue weighted by atomic mass is 10.2. The van der Waals surface area contributed by atoms with Gasteiger partial charge in [-0.3, -0.25) is 4.68 Å². The summed E-state index contributed by atoms with van der Waals surface area (Å²) in [6.07, 6.45) is 3.06. The van der Waals surface area contributed by atoms with Crippen molar-refractivity contribution in [3.63, 3.8) is 0 Å². The van der Waals surface area contributed by atoms with Crippen molar-refractivity contribution in [2.45, 2.75) is 6.42 Å². The molecule has 0 aliphatic carbocycles. The van der Waals surface area contributed by atoms with Crippen molar-refractivity contribution in [2.24, 2.45) is 7.05 Å². The van der Waals surface area contributed by atoms with Crippen LogP contribution in [-0.4, -0.2) is 37.4 Å². The van der Waals surface area contributed by atoms with Crippen LogP contribution in [-0.2, 0) is 13.5 Å². The second kappa shape index (κ2) is 5.42. The zero-order valence-corrected chi connectivity index (χ0v) is 10.2. The highest BCUT2D eigenvalue weighted by atomic mass is 19.1. The van der Waals surface area contributed by atoms with Gasteiger partial charge in [-0.1, -0.05) is 0 Å². The van der Waals surface area contributed by atoms with Crippen LogP contribution in [0.3, 0.4) is 0 Å². The summed E-state index contributed by atoms with van der Waals surface area (Å²) in [5.41, 5.74) is -0.200. The van der Waals surface area contributed by atoms with Gasteiger partial charge in [0.1, 0.15) is 23.5 Å². The van der Waals surface area contributed by atoms with E-state index in [-0.39, 0.29) is 11.4 Å². The largest absolute Gasteiger partial charge is 0.478 e. The van der Waals surface area contributed by atoms with Gasteiger partial charge in [0.2, 0.25) is 0 Å². The number of aromatic carboxylic acids is 1. The van der Waals surface area contributed by atoms with Crippen LogP contribution >= 0.6 is 0 Å². The normalized spacial score (nSPS) is 10.4. The van der Waals surface area contributed by atoms with Crippen LogP contribution in [0.15, 0.2) is 18.6 Å². The summed E-state index contributed by atoms with van der Waals surface area (Å²) in [6, 6.07) is 0.927. The van der Waals surface area contributed by atoms with Gasteiger partial charge in [0, 0.05) is 20.0 Å². The van der Waals surface area contributed by atoms with Crippen molar-refractivity contribution in [1.29, 1.82) is 0 Å². The molecule has 0 radical (unpaired) electrons. The number of aryl methyl sites for hydroxylation is 1. The lowest BCUT2D eigenvalue weighted by Crippen LogP contribution is -2.12. The molecule has 2 heterocycles. The Morgan fingerprint density at radius 2 is 2.32 bits per heavy atom. The number of hydrogen-bond acceptors (Lipinski definition) is 5. The van der Waals surface area contributed by atoms with Crippen molar-refractivity contribution in [1.82, 2.24) is 19.7 Å². The molecule has 0 atom stereocenters. The molecule has 0 aliphatic rings. The van der Waals surface area contributed by atoms with Crippen LogP contribution < -0.4 is 5.32 Å². The predicted molar refractivity (Wildman–Crippen MR) is 64.4 cm³/mol. The molecule has 2 aromatic rings. The smallest absolute Gasteiger partial charge is 0.339 e. The van der Waals surface area contributed by atoms with Crippen molar-refractivity contribution in [3.8, 4) is 0 Å². The molecule has 0 fully saturated rings. The van der Waals surface area contributed by atoms with E-state index in [9.17, 15) is 9.18 Å². The number of pyridine rings is 1. The monoisotopic (exact) mass is 265 g/mol. The van der Waals surface area contributed by atoms with E-state index < -0.39 is 11.8 Å². The lowest BCUT2D eigenvalue weighted by Gasteiger charge is -2.07. The van der Waals surface area contributed by atoms with Crippen molar-refractivity contribution < 1.29 is 14.3 Å². The van der Waals surface area contributed by atoms with E-state index >= 15 is 0 Å². The Hall–Kier alpha value is -2.51. The fraction of sp³-hybridized carbons (Fsp3) is 0.273. The first-order valence-corrected chi connectivity index (χ1v) is 5.53. The average molecular weight is 265 g/mol. The van der Waals surface area contributed by atoms with Gasteiger partial charge in [-0.2, -0.15) is 5.10 Å². The Bertz CT molecular complexity index is 599. The van der Waals surface area contributed by atoms with E-state index in [1.54, 1.807) is 18.1 Å². The molecule has 2 N–H and O–H groups in total. The van der Waals surface area contributed by atoms with Crippen molar-refractivity contribution in [3.05, 3.63) is 35.8 Å².